The standard InChI is InChI=1S/C13H24N4/c1-11(8-14)9-16-5-4-13(10-16)17-6-2-12(15)3-7-17/h11-13H,2-7,9-10,15H2,1H3. The van der Waals surface area contributed by atoms with E-state index < -0.39 is 0 Å². The minimum atomic E-state index is 0.156. The molecule has 2 fully saturated rings. The minimum Gasteiger partial charge on any atom is -0.328 e. The summed E-state index contributed by atoms with van der Waals surface area (Å²) in [7, 11) is 0. The fraction of sp³-hybridized carbons (Fsp3) is 0.923. The summed E-state index contributed by atoms with van der Waals surface area (Å²) in [6.45, 7) is 7.55. The lowest BCUT2D eigenvalue weighted by Gasteiger charge is -2.34. The van der Waals surface area contributed by atoms with Gasteiger partial charge in [-0.25, -0.2) is 0 Å². The van der Waals surface area contributed by atoms with Crippen LogP contribution in [-0.2, 0) is 0 Å². The monoisotopic (exact) mass is 236 g/mol. The fourth-order valence-corrected chi connectivity index (χ4v) is 2.99. The Balaban J connectivity index is 1.76. The average Bonchev–Trinajstić information content (AvgIpc) is 2.78. The molecule has 0 aromatic carbocycles. The van der Waals surface area contributed by atoms with Crippen LogP contribution in [-0.4, -0.2) is 54.6 Å². The van der Waals surface area contributed by atoms with Gasteiger partial charge in [0.2, 0.25) is 0 Å². The van der Waals surface area contributed by atoms with E-state index in [9.17, 15) is 0 Å². The SMILES string of the molecule is CC(C#N)CN1CCC(N2CCC(N)CC2)C1. The predicted molar refractivity (Wildman–Crippen MR) is 68.4 cm³/mol. The Morgan fingerprint density at radius 3 is 2.65 bits per heavy atom. The average molecular weight is 236 g/mol. The van der Waals surface area contributed by atoms with Crippen LogP contribution in [0.4, 0.5) is 0 Å². The van der Waals surface area contributed by atoms with E-state index in [-0.39, 0.29) is 5.92 Å². The molecule has 2 rings (SSSR count). The van der Waals surface area contributed by atoms with Gasteiger partial charge in [0.25, 0.3) is 0 Å². The normalized spacial score (nSPS) is 30.3. The number of hydrogen-bond acceptors (Lipinski definition) is 4. The van der Waals surface area contributed by atoms with Crippen LogP contribution in [0.15, 0.2) is 0 Å². The first-order valence-corrected chi connectivity index (χ1v) is 6.80. The van der Waals surface area contributed by atoms with Gasteiger partial charge in [0, 0.05) is 25.2 Å². The summed E-state index contributed by atoms with van der Waals surface area (Å²) in [6.07, 6.45) is 3.55. The quantitative estimate of drug-likeness (QED) is 0.781. The van der Waals surface area contributed by atoms with Crippen LogP contribution in [0.2, 0.25) is 0 Å². The summed E-state index contributed by atoms with van der Waals surface area (Å²) in [6, 6.07) is 3.44. The van der Waals surface area contributed by atoms with E-state index in [0.29, 0.717) is 12.1 Å². The molecule has 2 heterocycles. The second-order valence-corrected chi connectivity index (χ2v) is 5.61. The highest BCUT2D eigenvalue weighted by Gasteiger charge is 2.30. The molecule has 0 amide bonds. The minimum absolute atomic E-state index is 0.156. The lowest BCUT2D eigenvalue weighted by molar-refractivity contribution is 0.151. The van der Waals surface area contributed by atoms with E-state index >= 15 is 0 Å². The second-order valence-electron chi connectivity index (χ2n) is 5.61. The zero-order chi connectivity index (χ0) is 12.3. The molecule has 2 aliphatic rings. The zero-order valence-corrected chi connectivity index (χ0v) is 10.8. The number of hydrogen-bond donors (Lipinski definition) is 1. The van der Waals surface area contributed by atoms with Crippen LogP contribution in [0.5, 0.6) is 0 Å². The van der Waals surface area contributed by atoms with Gasteiger partial charge in [0.15, 0.2) is 0 Å². The molecule has 17 heavy (non-hydrogen) atoms. The molecular weight excluding hydrogens is 212 g/mol. The van der Waals surface area contributed by atoms with Crippen LogP contribution < -0.4 is 5.73 Å². The van der Waals surface area contributed by atoms with Gasteiger partial charge in [-0.05, 0) is 45.8 Å². The van der Waals surface area contributed by atoms with Crippen molar-refractivity contribution >= 4 is 0 Å². The smallest absolute Gasteiger partial charge is 0.0666 e. The maximum atomic E-state index is 8.84. The molecule has 2 aliphatic heterocycles. The Kier molecular flexibility index (Phi) is 4.38. The third-order valence-electron chi connectivity index (χ3n) is 4.09. The molecule has 96 valence electrons. The zero-order valence-electron chi connectivity index (χ0n) is 10.8. The highest BCUT2D eigenvalue weighted by atomic mass is 15.3. The topological polar surface area (TPSA) is 56.3 Å². The van der Waals surface area contributed by atoms with E-state index in [0.717, 1.165) is 45.6 Å². The summed E-state index contributed by atoms with van der Waals surface area (Å²) in [5.41, 5.74) is 5.93. The molecule has 2 N–H and O–H groups in total. The maximum absolute atomic E-state index is 8.84. The highest BCUT2D eigenvalue weighted by molar-refractivity contribution is 4.89. The first kappa shape index (κ1) is 12.8. The summed E-state index contributed by atoms with van der Waals surface area (Å²) < 4.78 is 0. The maximum Gasteiger partial charge on any atom is 0.0666 e. The number of rotatable bonds is 3. The summed E-state index contributed by atoms with van der Waals surface area (Å²) in [5, 5.41) is 8.84. The van der Waals surface area contributed by atoms with Crippen molar-refractivity contribution in [1.29, 1.82) is 5.26 Å². The van der Waals surface area contributed by atoms with Crippen LogP contribution in [0.1, 0.15) is 26.2 Å². The third-order valence-corrected chi connectivity index (χ3v) is 4.09. The highest BCUT2D eigenvalue weighted by Crippen LogP contribution is 2.20. The summed E-state index contributed by atoms with van der Waals surface area (Å²) in [5.74, 6) is 0.156. The second kappa shape index (κ2) is 5.81. The molecule has 2 saturated heterocycles. The molecule has 0 radical (unpaired) electrons. The Labute approximate surface area is 104 Å². The number of nitrogens with zero attached hydrogens (tertiary/aromatic N) is 3. The van der Waals surface area contributed by atoms with Gasteiger partial charge in [-0.15, -0.1) is 0 Å². The van der Waals surface area contributed by atoms with Crippen LogP contribution in [0.25, 0.3) is 0 Å². The molecular formula is C13H24N4. The van der Waals surface area contributed by atoms with Crippen molar-refractivity contribution in [3.05, 3.63) is 0 Å². The van der Waals surface area contributed by atoms with Crippen molar-refractivity contribution in [3.8, 4) is 6.07 Å². The van der Waals surface area contributed by atoms with Crippen molar-refractivity contribution in [1.82, 2.24) is 9.80 Å². The van der Waals surface area contributed by atoms with Gasteiger partial charge in [-0.1, -0.05) is 0 Å². The Hall–Kier alpha value is -0.630. The Bertz CT molecular complexity index is 278. The lowest BCUT2D eigenvalue weighted by atomic mass is 10.0. The van der Waals surface area contributed by atoms with E-state index in [1.165, 1.54) is 6.42 Å². The van der Waals surface area contributed by atoms with Gasteiger partial charge in [0.05, 0.1) is 12.0 Å². The van der Waals surface area contributed by atoms with Gasteiger partial charge in [-0.3, -0.25) is 4.90 Å². The Morgan fingerprint density at radius 2 is 2.00 bits per heavy atom. The van der Waals surface area contributed by atoms with Gasteiger partial charge < -0.3 is 10.6 Å². The molecule has 2 atom stereocenters. The lowest BCUT2D eigenvalue weighted by Crippen LogP contribution is -2.46. The van der Waals surface area contributed by atoms with Crippen LogP contribution >= 0.6 is 0 Å². The van der Waals surface area contributed by atoms with Crippen LogP contribution in [0.3, 0.4) is 0 Å². The van der Waals surface area contributed by atoms with E-state index in [2.05, 4.69) is 15.9 Å². The number of piperidine rings is 1. The molecule has 0 aromatic rings. The van der Waals surface area contributed by atoms with Crippen molar-refractivity contribution in [2.24, 2.45) is 11.7 Å². The largest absolute Gasteiger partial charge is 0.328 e. The molecule has 0 saturated carbocycles. The van der Waals surface area contributed by atoms with E-state index in [4.69, 9.17) is 11.0 Å². The van der Waals surface area contributed by atoms with Crippen molar-refractivity contribution in [3.63, 3.8) is 0 Å². The molecule has 2 unspecified atom stereocenters. The molecule has 0 bridgehead atoms. The van der Waals surface area contributed by atoms with E-state index in [1.54, 1.807) is 0 Å². The Morgan fingerprint density at radius 1 is 1.29 bits per heavy atom. The van der Waals surface area contributed by atoms with Crippen molar-refractivity contribution in [2.45, 2.75) is 38.3 Å². The first-order valence-electron chi connectivity index (χ1n) is 6.80. The fourth-order valence-electron chi connectivity index (χ4n) is 2.99. The molecule has 0 aromatic heterocycles. The van der Waals surface area contributed by atoms with Gasteiger partial charge in [0.1, 0.15) is 0 Å². The van der Waals surface area contributed by atoms with Crippen molar-refractivity contribution in [2.75, 3.05) is 32.7 Å². The molecule has 4 nitrogen and oxygen atoms in total. The first-order chi connectivity index (χ1) is 8.19. The molecule has 0 spiro atoms. The predicted octanol–water partition coefficient (Wildman–Crippen LogP) is 0.643. The van der Waals surface area contributed by atoms with Gasteiger partial charge in [-0.2, -0.15) is 5.26 Å². The molecule has 4 heteroatoms. The number of nitriles is 1. The number of likely N-dealkylation sites (tertiary alicyclic amines) is 2. The number of nitrogens with two attached hydrogens (primary N) is 1. The van der Waals surface area contributed by atoms with Crippen molar-refractivity contribution < 1.29 is 0 Å². The third kappa shape index (κ3) is 3.41. The van der Waals surface area contributed by atoms with E-state index in [1.807, 2.05) is 6.92 Å². The van der Waals surface area contributed by atoms with Crippen LogP contribution in [0, 0.1) is 17.2 Å². The van der Waals surface area contributed by atoms with Gasteiger partial charge >= 0.3 is 0 Å². The molecule has 0 aliphatic carbocycles. The summed E-state index contributed by atoms with van der Waals surface area (Å²) in [4.78, 5) is 5.04. The summed E-state index contributed by atoms with van der Waals surface area (Å²) >= 11 is 0.